The molecule has 3 amide bonds. The van der Waals surface area contributed by atoms with Crippen LogP contribution in [-0.2, 0) is 14.4 Å². The van der Waals surface area contributed by atoms with Gasteiger partial charge in [-0.1, -0.05) is 47.5 Å². The molecule has 1 heterocycles. The fourth-order valence-electron chi connectivity index (χ4n) is 3.43. The zero-order valence-corrected chi connectivity index (χ0v) is 19.9. The van der Waals surface area contributed by atoms with Crippen LogP contribution in [0.3, 0.4) is 0 Å². The molecule has 0 radical (unpaired) electrons. The zero-order valence-electron chi connectivity index (χ0n) is 18.4. The summed E-state index contributed by atoms with van der Waals surface area (Å²) in [5, 5.41) is 6.48. The number of hydrogen-bond acceptors (Lipinski definition) is 5. The third-order valence-corrected chi connectivity index (χ3v) is 5.95. The number of hydrogen-bond donors (Lipinski definition) is 2. The van der Waals surface area contributed by atoms with Crippen LogP contribution in [0.15, 0.2) is 48.5 Å². The first-order chi connectivity index (χ1) is 15.8. The number of halogens is 2. The minimum absolute atomic E-state index is 0.0633. The molecule has 0 spiro atoms. The van der Waals surface area contributed by atoms with Crippen molar-refractivity contribution in [3.05, 3.63) is 58.6 Å². The van der Waals surface area contributed by atoms with Gasteiger partial charge in [0.2, 0.25) is 17.7 Å². The van der Waals surface area contributed by atoms with Crippen LogP contribution in [-0.4, -0.2) is 85.3 Å². The Hall–Kier alpha value is -2.65. The maximum Gasteiger partial charge on any atom is 0.244 e. The second kappa shape index (κ2) is 12.0. The SMILES string of the molecule is CN(CC(=O)Nc1ccccc1Cl)C(=O)CN1CCN(CC(=O)Nc2ccccc2Cl)CC1. The molecule has 2 aromatic carbocycles. The zero-order chi connectivity index (χ0) is 23.8. The Morgan fingerprint density at radius 1 is 0.788 bits per heavy atom. The largest absolute Gasteiger partial charge is 0.335 e. The van der Waals surface area contributed by atoms with Gasteiger partial charge < -0.3 is 15.5 Å². The van der Waals surface area contributed by atoms with Crippen molar-refractivity contribution in [3.8, 4) is 0 Å². The first-order valence-corrected chi connectivity index (χ1v) is 11.3. The first-order valence-electron chi connectivity index (χ1n) is 10.6. The number of para-hydroxylation sites is 2. The van der Waals surface area contributed by atoms with E-state index in [4.69, 9.17) is 23.2 Å². The van der Waals surface area contributed by atoms with Crippen molar-refractivity contribution in [3.63, 3.8) is 0 Å². The number of anilines is 2. The van der Waals surface area contributed by atoms with Crippen LogP contribution in [0, 0.1) is 0 Å². The number of nitrogens with zero attached hydrogens (tertiary/aromatic N) is 3. The van der Waals surface area contributed by atoms with Crippen LogP contribution >= 0.6 is 23.2 Å². The predicted octanol–water partition coefficient (Wildman–Crippen LogP) is 2.65. The van der Waals surface area contributed by atoms with Gasteiger partial charge in [0.1, 0.15) is 0 Å². The maximum absolute atomic E-state index is 12.5. The number of nitrogens with one attached hydrogen (secondary N) is 2. The molecular formula is C23H27Cl2N5O3. The van der Waals surface area contributed by atoms with Gasteiger partial charge in [-0.15, -0.1) is 0 Å². The van der Waals surface area contributed by atoms with Gasteiger partial charge in [-0.3, -0.25) is 24.2 Å². The molecule has 2 aromatic rings. The van der Waals surface area contributed by atoms with E-state index in [0.29, 0.717) is 47.6 Å². The highest BCUT2D eigenvalue weighted by molar-refractivity contribution is 6.34. The molecule has 1 fully saturated rings. The van der Waals surface area contributed by atoms with Crippen molar-refractivity contribution in [1.29, 1.82) is 0 Å². The van der Waals surface area contributed by atoms with E-state index in [1.807, 2.05) is 15.9 Å². The van der Waals surface area contributed by atoms with Crippen molar-refractivity contribution >= 4 is 52.3 Å². The number of rotatable bonds is 8. The maximum atomic E-state index is 12.5. The van der Waals surface area contributed by atoms with Gasteiger partial charge in [-0.25, -0.2) is 0 Å². The summed E-state index contributed by atoms with van der Waals surface area (Å²) in [6, 6.07) is 14.0. The molecule has 8 nitrogen and oxygen atoms in total. The van der Waals surface area contributed by atoms with Crippen molar-refractivity contribution in [2.45, 2.75) is 0 Å². The summed E-state index contributed by atoms with van der Waals surface area (Å²) in [6.07, 6.45) is 0. The molecule has 1 aliphatic rings. The first kappa shape index (κ1) is 25.0. The van der Waals surface area contributed by atoms with Crippen molar-refractivity contribution < 1.29 is 14.4 Å². The number of carbonyl (C=O) groups is 3. The summed E-state index contributed by atoms with van der Waals surface area (Å²) >= 11 is 12.1. The number of likely N-dealkylation sites (N-methyl/N-ethyl adjacent to an activating group) is 1. The fourth-order valence-corrected chi connectivity index (χ4v) is 3.79. The van der Waals surface area contributed by atoms with Gasteiger partial charge >= 0.3 is 0 Å². The second-order valence-electron chi connectivity index (χ2n) is 7.86. The van der Waals surface area contributed by atoms with Gasteiger partial charge in [0.05, 0.1) is 41.1 Å². The predicted molar refractivity (Wildman–Crippen MR) is 131 cm³/mol. The summed E-state index contributed by atoms with van der Waals surface area (Å²) in [7, 11) is 1.60. The van der Waals surface area contributed by atoms with Gasteiger partial charge in [0, 0.05) is 33.2 Å². The lowest BCUT2D eigenvalue weighted by atomic mass is 10.3. The molecule has 2 N–H and O–H groups in total. The van der Waals surface area contributed by atoms with Crippen molar-refractivity contribution in [2.24, 2.45) is 0 Å². The van der Waals surface area contributed by atoms with Crippen LogP contribution in [0.5, 0.6) is 0 Å². The Bertz CT molecular complexity index is 996. The summed E-state index contributed by atoms with van der Waals surface area (Å²) in [6.45, 7) is 3.06. The van der Waals surface area contributed by atoms with E-state index >= 15 is 0 Å². The Morgan fingerprint density at radius 2 is 1.24 bits per heavy atom. The number of benzene rings is 2. The van der Waals surface area contributed by atoms with E-state index in [1.165, 1.54) is 4.90 Å². The third kappa shape index (κ3) is 7.71. The molecule has 0 atom stereocenters. The van der Waals surface area contributed by atoms with Crippen molar-refractivity contribution in [2.75, 3.05) is 63.5 Å². The second-order valence-corrected chi connectivity index (χ2v) is 8.67. The minimum Gasteiger partial charge on any atom is -0.335 e. The van der Waals surface area contributed by atoms with Crippen LogP contribution in [0.4, 0.5) is 11.4 Å². The molecular weight excluding hydrogens is 465 g/mol. The van der Waals surface area contributed by atoms with Gasteiger partial charge in [0.15, 0.2) is 0 Å². The van der Waals surface area contributed by atoms with E-state index in [9.17, 15) is 14.4 Å². The smallest absolute Gasteiger partial charge is 0.244 e. The normalized spacial score (nSPS) is 14.5. The van der Waals surface area contributed by atoms with Crippen molar-refractivity contribution in [1.82, 2.24) is 14.7 Å². The van der Waals surface area contributed by atoms with Crippen LogP contribution in [0.25, 0.3) is 0 Å². The number of piperazine rings is 1. The Kier molecular flexibility index (Phi) is 9.08. The molecule has 0 unspecified atom stereocenters. The lowest BCUT2D eigenvalue weighted by molar-refractivity contribution is -0.134. The Morgan fingerprint density at radius 3 is 1.76 bits per heavy atom. The summed E-state index contributed by atoms with van der Waals surface area (Å²) in [5.74, 6) is -0.584. The van der Waals surface area contributed by atoms with E-state index in [2.05, 4.69) is 10.6 Å². The molecule has 33 heavy (non-hydrogen) atoms. The highest BCUT2D eigenvalue weighted by Crippen LogP contribution is 2.21. The standard InChI is InChI=1S/C23H27Cl2N5O3/c1-28(14-21(31)26-19-8-4-2-6-17(19)24)23(33)16-30-12-10-29(11-13-30)15-22(32)27-20-9-5-3-7-18(20)25/h2-9H,10-16H2,1H3,(H,26,31)(H,27,32). The molecule has 0 bridgehead atoms. The average molecular weight is 492 g/mol. The number of amides is 3. The van der Waals surface area contributed by atoms with Crippen LogP contribution < -0.4 is 10.6 Å². The lowest BCUT2D eigenvalue weighted by Gasteiger charge is -2.34. The Labute approximate surface area is 203 Å². The molecule has 1 saturated heterocycles. The Balaban J connectivity index is 1.37. The molecule has 3 rings (SSSR count). The molecule has 0 aliphatic carbocycles. The number of carbonyl (C=O) groups excluding carboxylic acids is 3. The van der Waals surface area contributed by atoms with Gasteiger partial charge in [-0.05, 0) is 24.3 Å². The molecule has 1 aliphatic heterocycles. The molecule has 0 aromatic heterocycles. The summed E-state index contributed by atoms with van der Waals surface area (Å²) in [5.41, 5.74) is 1.11. The summed E-state index contributed by atoms with van der Waals surface area (Å²) < 4.78 is 0. The van der Waals surface area contributed by atoms with E-state index < -0.39 is 0 Å². The minimum atomic E-state index is -0.312. The molecule has 0 saturated carbocycles. The van der Waals surface area contributed by atoms with Crippen LogP contribution in [0.1, 0.15) is 0 Å². The average Bonchev–Trinajstić information content (AvgIpc) is 2.78. The van der Waals surface area contributed by atoms with E-state index in [0.717, 1.165) is 0 Å². The highest BCUT2D eigenvalue weighted by atomic mass is 35.5. The van der Waals surface area contributed by atoms with Gasteiger partial charge in [0.25, 0.3) is 0 Å². The molecule has 176 valence electrons. The topological polar surface area (TPSA) is 85.0 Å². The quantitative estimate of drug-likeness (QED) is 0.592. The lowest BCUT2D eigenvalue weighted by Crippen LogP contribution is -2.51. The fraction of sp³-hybridized carbons (Fsp3) is 0.348. The van der Waals surface area contributed by atoms with Crippen LogP contribution in [0.2, 0.25) is 10.0 Å². The van der Waals surface area contributed by atoms with Gasteiger partial charge in [-0.2, -0.15) is 0 Å². The highest BCUT2D eigenvalue weighted by Gasteiger charge is 2.23. The monoisotopic (exact) mass is 491 g/mol. The third-order valence-electron chi connectivity index (χ3n) is 5.29. The summed E-state index contributed by atoms with van der Waals surface area (Å²) in [4.78, 5) is 42.5. The van der Waals surface area contributed by atoms with E-state index in [-0.39, 0.29) is 37.4 Å². The van der Waals surface area contributed by atoms with E-state index in [1.54, 1.807) is 49.5 Å². The molecule has 10 heteroatoms.